The second kappa shape index (κ2) is 6.14. The van der Waals surface area contributed by atoms with Gasteiger partial charge in [-0.2, -0.15) is 0 Å². The molecule has 0 fully saturated rings. The molecule has 0 atom stereocenters. The van der Waals surface area contributed by atoms with Gasteiger partial charge in [0.25, 0.3) is 0 Å². The lowest BCUT2D eigenvalue weighted by atomic mass is 10.2. The number of esters is 1. The predicted octanol–water partition coefficient (Wildman–Crippen LogP) is 2.27. The number of ether oxygens (including phenoxy) is 1. The zero-order valence-electron chi connectivity index (χ0n) is 12.5. The average Bonchev–Trinajstić information content (AvgIpc) is 3.15. The summed E-state index contributed by atoms with van der Waals surface area (Å²) < 4.78 is 6.53. The molecule has 1 N–H and O–H groups in total. The number of benzene rings is 1. The van der Waals surface area contributed by atoms with Crippen molar-refractivity contribution in [3.63, 3.8) is 0 Å². The van der Waals surface area contributed by atoms with Gasteiger partial charge in [-0.25, -0.2) is 4.79 Å². The fourth-order valence-corrected chi connectivity index (χ4v) is 3.11. The van der Waals surface area contributed by atoms with Crippen molar-refractivity contribution in [1.29, 1.82) is 0 Å². The van der Waals surface area contributed by atoms with Gasteiger partial charge in [-0.05, 0) is 29.7 Å². The molecular formula is C18H15NO3S. The molecule has 3 aromatic rings. The van der Waals surface area contributed by atoms with Gasteiger partial charge in [0.15, 0.2) is 5.75 Å². The first-order valence-corrected chi connectivity index (χ1v) is 7.83. The third-order valence-electron chi connectivity index (χ3n) is 3.50. The summed E-state index contributed by atoms with van der Waals surface area (Å²) in [5.41, 5.74) is 0.893. The highest BCUT2D eigenvalue weighted by Crippen LogP contribution is 2.15. The van der Waals surface area contributed by atoms with Crippen LogP contribution in [0.2, 0.25) is 0 Å². The molecule has 2 aromatic heterocycles. The van der Waals surface area contributed by atoms with Gasteiger partial charge in [0.05, 0.1) is 17.8 Å². The zero-order chi connectivity index (χ0) is 16.4. The number of nitrogens with zero attached hydrogens (tertiary/aromatic N) is 1. The molecule has 23 heavy (non-hydrogen) atoms. The van der Waals surface area contributed by atoms with Crippen LogP contribution in [0.5, 0.6) is 5.75 Å². The Labute approximate surface area is 137 Å². The molecule has 0 aliphatic rings. The van der Waals surface area contributed by atoms with E-state index in [4.69, 9.17) is 4.74 Å². The number of para-hydroxylation sites is 1. The smallest absolute Gasteiger partial charge is 0.343 e. The van der Waals surface area contributed by atoms with Gasteiger partial charge in [-0.3, -0.25) is 0 Å². The van der Waals surface area contributed by atoms with Gasteiger partial charge < -0.3 is 14.4 Å². The largest absolute Gasteiger partial charge is 0.505 e. The highest BCUT2D eigenvalue weighted by Gasteiger charge is 2.20. The molecule has 4 nitrogen and oxygen atoms in total. The van der Waals surface area contributed by atoms with E-state index < -0.39 is 5.97 Å². The van der Waals surface area contributed by atoms with E-state index in [-0.39, 0.29) is 11.3 Å². The van der Waals surface area contributed by atoms with E-state index in [0.29, 0.717) is 10.7 Å². The average molecular weight is 325 g/mol. The van der Waals surface area contributed by atoms with Gasteiger partial charge in [-0.1, -0.05) is 30.8 Å². The van der Waals surface area contributed by atoms with Crippen LogP contribution >= 0.6 is 11.3 Å². The lowest BCUT2D eigenvalue weighted by Crippen LogP contribution is -2.26. The summed E-state index contributed by atoms with van der Waals surface area (Å²) in [5, 5.41) is 13.4. The van der Waals surface area contributed by atoms with E-state index in [0.717, 1.165) is 10.6 Å². The van der Waals surface area contributed by atoms with E-state index in [1.165, 1.54) is 7.11 Å². The number of aromatic nitrogens is 1. The first kappa shape index (κ1) is 15.1. The minimum atomic E-state index is -0.608. The van der Waals surface area contributed by atoms with E-state index >= 15 is 0 Å². The summed E-state index contributed by atoms with van der Waals surface area (Å²) in [6.07, 6.45) is 1.83. The molecule has 0 spiro atoms. The monoisotopic (exact) mass is 325 g/mol. The highest BCUT2D eigenvalue weighted by molar-refractivity contribution is 7.10. The topological polar surface area (TPSA) is 51.5 Å². The number of hydrogen-bond donors (Lipinski definition) is 1. The van der Waals surface area contributed by atoms with Gasteiger partial charge >= 0.3 is 5.97 Å². The van der Waals surface area contributed by atoms with Crippen LogP contribution in [0.25, 0.3) is 18.3 Å². The molecule has 5 heteroatoms. The minimum absolute atomic E-state index is 0.0826. The lowest BCUT2D eigenvalue weighted by Gasteiger charge is -2.04. The second-order valence-corrected chi connectivity index (χ2v) is 5.86. The zero-order valence-corrected chi connectivity index (χ0v) is 13.3. The third kappa shape index (κ3) is 2.66. The van der Waals surface area contributed by atoms with Crippen molar-refractivity contribution < 1.29 is 14.6 Å². The Bertz CT molecular complexity index is 941. The molecule has 0 saturated heterocycles. The number of carbonyl (C=O) groups is 1. The highest BCUT2D eigenvalue weighted by atomic mass is 32.1. The van der Waals surface area contributed by atoms with Crippen LogP contribution in [0.4, 0.5) is 0 Å². The summed E-state index contributed by atoms with van der Waals surface area (Å²) in [5.74, 6) is -0.734. The number of methoxy groups -OCH3 is 1. The van der Waals surface area contributed by atoms with Crippen LogP contribution < -0.4 is 10.7 Å². The van der Waals surface area contributed by atoms with Crippen LogP contribution in [0.1, 0.15) is 15.2 Å². The maximum Gasteiger partial charge on any atom is 0.343 e. The molecular weight excluding hydrogens is 310 g/mol. The number of carbonyl (C=O) groups excluding carboxylic acids is 1. The molecule has 116 valence electrons. The Balaban J connectivity index is 2.38. The fraction of sp³-hybridized carbons (Fsp3) is 0.0556. The van der Waals surface area contributed by atoms with Gasteiger partial charge in [-0.15, -0.1) is 11.3 Å². The molecule has 2 heterocycles. The maximum absolute atomic E-state index is 12.0. The van der Waals surface area contributed by atoms with Crippen LogP contribution in [0.3, 0.4) is 0 Å². The number of rotatable bonds is 3. The SMILES string of the molecule is C=c1c(C(=O)OC)c(O)/c(=C\c2cccs2)n1-c1ccccc1. The van der Waals surface area contributed by atoms with E-state index in [9.17, 15) is 9.90 Å². The first-order chi connectivity index (χ1) is 11.1. The Hall–Kier alpha value is -2.79. The van der Waals surface area contributed by atoms with Crippen molar-refractivity contribution in [2.24, 2.45) is 0 Å². The predicted molar refractivity (Wildman–Crippen MR) is 91.4 cm³/mol. The van der Waals surface area contributed by atoms with Crippen molar-refractivity contribution in [3.05, 3.63) is 69.0 Å². The van der Waals surface area contributed by atoms with Crippen molar-refractivity contribution >= 4 is 30.0 Å². The molecule has 0 aliphatic carbocycles. The minimum Gasteiger partial charge on any atom is -0.505 e. The second-order valence-electron chi connectivity index (χ2n) is 4.88. The molecule has 0 aliphatic heterocycles. The summed E-state index contributed by atoms with van der Waals surface area (Å²) in [6, 6.07) is 13.3. The molecule has 0 saturated carbocycles. The molecule has 1 aromatic carbocycles. The van der Waals surface area contributed by atoms with Crippen LogP contribution in [-0.4, -0.2) is 22.8 Å². The number of thiophene rings is 1. The normalized spacial score (nSPS) is 11.6. The standard InChI is InChI=1S/C18H15NO3S/c1-12-16(18(21)22-2)17(20)15(11-14-9-6-10-23-14)19(12)13-7-4-3-5-8-13/h3-11,20H,1H2,2H3/b15-11+. The molecule has 0 amide bonds. The molecule has 0 radical (unpaired) electrons. The number of hydrogen-bond acceptors (Lipinski definition) is 4. The van der Waals surface area contributed by atoms with Gasteiger partial charge in [0.1, 0.15) is 5.56 Å². The fourth-order valence-electron chi connectivity index (χ4n) is 2.46. The number of aromatic hydroxyl groups is 1. The van der Waals surface area contributed by atoms with Gasteiger partial charge in [0.2, 0.25) is 0 Å². The molecule has 3 rings (SSSR count). The summed E-state index contributed by atoms with van der Waals surface area (Å²) in [7, 11) is 1.28. The molecule has 0 bridgehead atoms. The van der Waals surface area contributed by atoms with Crippen LogP contribution in [-0.2, 0) is 4.74 Å². The maximum atomic E-state index is 12.0. The first-order valence-electron chi connectivity index (χ1n) is 6.95. The van der Waals surface area contributed by atoms with Crippen LogP contribution in [0, 0.1) is 0 Å². The van der Waals surface area contributed by atoms with Crippen molar-refractivity contribution in [1.82, 2.24) is 4.57 Å². The summed E-state index contributed by atoms with van der Waals surface area (Å²) >= 11 is 1.54. The van der Waals surface area contributed by atoms with E-state index in [2.05, 4.69) is 6.58 Å². The van der Waals surface area contributed by atoms with E-state index in [1.807, 2.05) is 53.9 Å². The lowest BCUT2D eigenvalue weighted by molar-refractivity contribution is 0.0596. The Kier molecular flexibility index (Phi) is 4.04. The Morgan fingerprint density at radius 2 is 2.00 bits per heavy atom. The van der Waals surface area contributed by atoms with Crippen molar-refractivity contribution in [2.75, 3.05) is 7.11 Å². The summed E-state index contributed by atoms with van der Waals surface area (Å²) in [6.45, 7) is 3.96. The Morgan fingerprint density at radius 1 is 1.26 bits per heavy atom. The quantitative estimate of drug-likeness (QED) is 0.752. The van der Waals surface area contributed by atoms with E-state index in [1.54, 1.807) is 15.9 Å². The van der Waals surface area contributed by atoms with Crippen molar-refractivity contribution in [2.45, 2.75) is 0 Å². The Morgan fingerprint density at radius 3 is 2.61 bits per heavy atom. The summed E-state index contributed by atoms with van der Waals surface area (Å²) in [4.78, 5) is 13.0. The van der Waals surface area contributed by atoms with Crippen LogP contribution in [0.15, 0.2) is 47.8 Å². The third-order valence-corrected chi connectivity index (χ3v) is 4.32. The van der Waals surface area contributed by atoms with Gasteiger partial charge in [0, 0.05) is 10.6 Å². The molecule has 0 unspecified atom stereocenters. The van der Waals surface area contributed by atoms with Crippen molar-refractivity contribution in [3.8, 4) is 11.4 Å².